The van der Waals surface area contributed by atoms with Gasteiger partial charge in [0.15, 0.2) is 5.65 Å². The summed E-state index contributed by atoms with van der Waals surface area (Å²) in [5.74, 6) is -1.47. The lowest BCUT2D eigenvalue weighted by atomic mass is 10.0. The van der Waals surface area contributed by atoms with E-state index in [1.54, 1.807) is 30.3 Å². The molecule has 0 saturated carbocycles. The van der Waals surface area contributed by atoms with Crippen LogP contribution in [0.1, 0.15) is 54.7 Å². The lowest BCUT2D eigenvalue weighted by Crippen LogP contribution is -2.32. The van der Waals surface area contributed by atoms with E-state index in [2.05, 4.69) is 25.3 Å². The molecule has 0 fully saturated rings. The maximum atomic E-state index is 13.3. The third-order valence-corrected chi connectivity index (χ3v) is 5.49. The van der Waals surface area contributed by atoms with E-state index in [4.69, 9.17) is 0 Å². The van der Waals surface area contributed by atoms with Crippen molar-refractivity contribution >= 4 is 34.5 Å². The second kappa shape index (κ2) is 11.4. The Balaban J connectivity index is 1.89. The number of aromatic amines is 1. The van der Waals surface area contributed by atoms with E-state index in [1.807, 2.05) is 20.8 Å². The van der Waals surface area contributed by atoms with Crippen LogP contribution in [0.15, 0.2) is 39.9 Å². The summed E-state index contributed by atoms with van der Waals surface area (Å²) in [6, 6.07) is 8.17. The molecule has 3 rings (SSSR count). The molecule has 11 nitrogen and oxygen atoms in total. The molecule has 0 unspecified atom stereocenters. The summed E-state index contributed by atoms with van der Waals surface area (Å²) in [7, 11) is 1.24. The molecule has 0 spiro atoms. The minimum absolute atomic E-state index is 0.0439. The van der Waals surface area contributed by atoms with E-state index < -0.39 is 23.1 Å². The van der Waals surface area contributed by atoms with Crippen LogP contribution >= 0.6 is 0 Å². The molecule has 11 heteroatoms. The predicted octanol–water partition coefficient (Wildman–Crippen LogP) is 1.70. The maximum absolute atomic E-state index is 13.3. The predicted molar refractivity (Wildman–Crippen MR) is 134 cm³/mol. The van der Waals surface area contributed by atoms with E-state index in [0.29, 0.717) is 29.9 Å². The molecular weight excluding hydrogens is 466 g/mol. The molecule has 2 heterocycles. The number of benzene rings is 1. The Kier molecular flexibility index (Phi) is 8.36. The lowest BCUT2D eigenvalue weighted by molar-refractivity contribution is -0.141. The van der Waals surface area contributed by atoms with Crippen LogP contribution in [0.4, 0.5) is 5.69 Å². The number of carbonyl (C=O) groups excluding carboxylic acids is 3. The molecular formula is C25H29N5O6. The molecule has 3 N–H and O–H groups in total. The van der Waals surface area contributed by atoms with Gasteiger partial charge in [0.25, 0.3) is 11.5 Å². The highest BCUT2D eigenvalue weighted by atomic mass is 16.5. The van der Waals surface area contributed by atoms with Crippen LogP contribution in [0.3, 0.4) is 0 Å². The number of ether oxygens (including phenoxy) is 1. The minimum Gasteiger partial charge on any atom is -0.468 e. The largest absolute Gasteiger partial charge is 0.468 e. The average molecular weight is 496 g/mol. The number of carbonyl (C=O) groups is 3. The van der Waals surface area contributed by atoms with Crippen LogP contribution in [-0.4, -0.2) is 46.0 Å². The molecule has 36 heavy (non-hydrogen) atoms. The number of methoxy groups -OCH3 is 1. The number of nitrogens with zero attached hydrogens (tertiary/aromatic N) is 2. The molecule has 0 saturated heterocycles. The second-order valence-electron chi connectivity index (χ2n) is 8.54. The Morgan fingerprint density at radius 3 is 2.44 bits per heavy atom. The number of hydrogen-bond donors (Lipinski definition) is 3. The summed E-state index contributed by atoms with van der Waals surface area (Å²) in [5, 5.41) is 5.27. The molecule has 190 valence electrons. The summed E-state index contributed by atoms with van der Waals surface area (Å²) in [6.45, 7) is 5.84. The van der Waals surface area contributed by atoms with Crippen molar-refractivity contribution in [1.29, 1.82) is 0 Å². The van der Waals surface area contributed by atoms with Gasteiger partial charge in [-0.05, 0) is 36.1 Å². The number of esters is 1. The van der Waals surface area contributed by atoms with Crippen molar-refractivity contribution in [3.8, 4) is 0 Å². The van der Waals surface area contributed by atoms with Gasteiger partial charge in [-0.25, -0.2) is 9.78 Å². The summed E-state index contributed by atoms with van der Waals surface area (Å²) in [4.78, 5) is 68.3. The quantitative estimate of drug-likeness (QED) is 0.382. The zero-order valence-corrected chi connectivity index (χ0v) is 20.6. The summed E-state index contributed by atoms with van der Waals surface area (Å²) in [6.07, 6.45) is 0.686. The van der Waals surface area contributed by atoms with Gasteiger partial charge < -0.3 is 15.4 Å². The fraction of sp³-hybridized carbons (Fsp3) is 0.360. The Morgan fingerprint density at radius 1 is 1.14 bits per heavy atom. The fourth-order valence-corrected chi connectivity index (χ4v) is 3.59. The zero-order chi connectivity index (χ0) is 26.4. The van der Waals surface area contributed by atoms with Gasteiger partial charge in [0.1, 0.15) is 6.54 Å². The smallest absolute Gasteiger partial charge is 0.329 e. The number of aryl methyl sites for hydroxylation is 1. The van der Waals surface area contributed by atoms with Crippen LogP contribution in [0.2, 0.25) is 0 Å². The van der Waals surface area contributed by atoms with Crippen molar-refractivity contribution in [2.24, 2.45) is 0 Å². The topological polar surface area (TPSA) is 152 Å². The van der Waals surface area contributed by atoms with Crippen molar-refractivity contribution in [3.63, 3.8) is 0 Å². The lowest BCUT2D eigenvalue weighted by Gasteiger charge is -2.14. The highest BCUT2D eigenvalue weighted by molar-refractivity contribution is 6.11. The van der Waals surface area contributed by atoms with Crippen LogP contribution < -0.4 is 21.9 Å². The number of pyridine rings is 1. The molecule has 0 atom stereocenters. The van der Waals surface area contributed by atoms with E-state index >= 15 is 0 Å². The summed E-state index contributed by atoms with van der Waals surface area (Å²) < 4.78 is 5.86. The second-order valence-corrected chi connectivity index (χ2v) is 8.54. The number of aromatic nitrogens is 3. The Bertz CT molecular complexity index is 1410. The van der Waals surface area contributed by atoms with Crippen molar-refractivity contribution in [3.05, 3.63) is 68.0 Å². The SMILES string of the molecule is CCCn1c(=O)[nH]c(=O)c2c(C(=O)Nc3ccc(CC(=O)NCC(=O)OC)cc3)cc(C(C)C)nc21. The van der Waals surface area contributed by atoms with Crippen molar-refractivity contribution in [2.45, 2.75) is 46.1 Å². The first kappa shape index (κ1) is 26.3. The number of nitrogens with one attached hydrogen (secondary N) is 3. The normalized spacial score (nSPS) is 10.9. The van der Waals surface area contributed by atoms with Crippen molar-refractivity contribution in [2.75, 3.05) is 19.0 Å². The van der Waals surface area contributed by atoms with E-state index in [0.717, 1.165) is 0 Å². The molecule has 2 amide bonds. The number of hydrogen-bond acceptors (Lipinski definition) is 7. The zero-order valence-electron chi connectivity index (χ0n) is 20.6. The number of H-pyrrole nitrogens is 1. The Morgan fingerprint density at radius 2 is 1.83 bits per heavy atom. The number of amides is 2. The third-order valence-electron chi connectivity index (χ3n) is 5.49. The monoisotopic (exact) mass is 495 g/mol. The van der Waals surface area contributed by atoms with Gasteiger partial charge in [-0.2, -0.15) is 0 Å². The molecule has 0 aliphatic heterocycles. The van der Waals surface area contributed by atoms with Crippen LogP contribution in [-0.2, 0) is 27.3 Å². The van der Waals surface area contributed by atoms with E-state index in [9.17, 15) is 24.0 Å². The third kappa shape index (κ3) is 6.04. The van der Waals surface area contributed by atoms with Gasteiger partial charge in [0.2, 0.25) is 5.91 Å². The molecule has 0 aliphatic carbocycles. The summed E-state index contributed by atoms with van der Waals surface area (Å²) in [5.41, 5.74) is 0.746. The standard InChI is InChI=1S/C25H29N5O6/c1-5-10-30-22-21(24(34)29-25(30)35)17(12-18(28-22)14(2)3)23(33)27-16-8-6-15(7-9-16)11-19(31)26-13-20(32)36-4/h6-9,12,14H,5,10-11,13H2,1-4H3,(H,26,31)(H,27,33)(H,29,34,35). The highest BCUT2D eigenvalue weighted by Gasteiger charge is 2.20. The Hall–Kier alpha value is -4.28. The van der Waals surface area contributed by atoms with Crippen LogP contribution in [0.25, 0.3) is 11.0 Å². The molecule has 0 aliphatic rings. The average Bonchev–Trinajstić information content (AvgIpc) is 2.85. The Labute approximate surface area is 206 Å². The van der Waals surface area contributed by atoms with Gasteiger partial charge in [-0.3, -0.25) is 28.7 Å². The van der Waals surface area contributed by atoms with Crippen LogP contribution in [0, 0.1) is 0 Å². The van der Waals surface area contributed by atoms with Gasteiger partial charge in [-0.15, -0.1) is 0 Å². The molecule has 0 bridgehead atoms. The number of fused-ring (bicyclic) bond motifs is 1. The molecule has 2 aromatic heterocycles. The van der Waals surface area contributed by atoms with Gasteiger partial charge in [0, 0.05) is 17.9 Å². The van der Waals surface area contributed by atoms with Crippen molar-refractivity contribution in [1.82, 2.24) is 19.9 Å². The molecule has 3 aromatic rings. The molecule has 0 radical (unpaired) electrons. The van der Waals surface area contributed by atoms with Crippen LogP contribution in [0.5, 0.6) is 0 Å². The first-order chi connectivity index (χ1) is 17.1. The molecule has 1 aromatic carbocycles. The van der Waals surface area contributed by atoms with E-state index in [1.165, 1.54) is 11.7 Å². The van der Waals surface area contributed by atoms with E-state index in [-0.39, 0.29) is 41.4 Å². The highest BCUT2D eigenvalue weighted by Crippen LogP contribution is 2.21. The minimum atomic E-state index is -0.677. The summed E-state index contributed by atoms with van der Waals surface area (Å²) >= 11 is 0. The fourth-order valence-electron chi connectivity index (χ4n) is 3.59. The van der Waals surface area contributed by atoms with Gasteiger partial charge in [0.05, 0.1) is 24.5 Å². The number of anilines is 1. The first-order valence-corrected chi connectivity index (χ1v) is 11.6. The van der Waals surface area contributed by atoms with Crippen molar-refractivity contribution < 1.29 is 19.1 Å². The first-order valence-electron chi connectivity index (χ1n) is 11.6. The number of rotatable bonds is 9. The van der Waals surface area contributed by atoms with Gasteiger partial charge >= 0.3 is 11.7 Å². The van der Waals surface area contributed by atoms with Gasteiger partial charge in [-0.1, -0.05) is 32.9 Å². The maximum Gasteiger partial charge on any atom is 0.329 e.